The summed E-state index contributed by atoms with van der Waals surface area (Å²) in [5.41, 5.74) is 2.32. The molecular weight excluding hydrogens is 348 g/mol. The Morgan fingerprint density at radius 1 is 1.32 bits per heavy atom. The van der Waals surface area contributed by atoms with E-state index in [0.29, 0.717) is 5.92 Å². The number of para-hydroxylation sites is 1. The normalized spacial score (nSPS) is 18.0. The molecule has 1 amide bonds. The van der Waals surface area contributed by atoms with Crippen molar-refractivity contribution in [1.82, 2.24) is 9.88 Å². The molecule has 0 saturated carbocycles. The van der Waals surface area contributed by atoms with Crippen LogP contribution in [-0.2, 0) is 6.42 Å². The number of carbonyl (C=O) groups excluding carboxylic acids is 1. The lowest BCUT2D eigenvalue weighted by atomic mass is 9.98. The van der Waals surface area contributed by atoms with Gasteiger partial charge in [0.05, 0.1) is 20.1 Å². The number of amides is 1. The Kier molecular flexibility index (Phi) is 4.61. The SMILES string of the molecule is CCc1sc(C(=O)N2CCC[C@@H](c3nc4ccccc4s3)C2)cc1C. The van der Waals surface area contributed by atoms with Crippen LogP contribution in [0.2, 0.25) is 0 Å². The molecule has 1 saturated heterocycles. The molecule has 1 aromatic carbocycles. The van der Waals surface area contributed by atoms with E-state index < -0.39 is 0 Å². The zero-order valence-corrected chi connectivity index (χ0v) is 16.3. The smallest absolute Gasteiger partial charge is 0.263 e. The largest absolute Gasteiger partial charge is 0.337 e. The van der Waals surface area contributed by atoms with Crippen molar-refractivity contribution >= 4 is 38.8 Å². The molecule has 0 radical (unpaired) electrons. The number of aryl methyl sites for hydroxylation is 2. The number of carbonyl (C=O) groups is 1. The molecule has 1 aliphatic rings. The molecule has 25 heavy (non-hydrogen) atoms. The molecule has 0 bridgehead atoms. The first kappa shape index (κ1) is 16.7. The van der Waals surface area contributed by atoms with Crippen LogP contribution in [-0.4, -0.2) is 28.9 Å². The van der Waals surface area contributed by atoms with Crippen molar-refractivity contribution in [3.05, 3.63) is 50.7 Å². The number of nitrogens with zero attached hydrogens (tertiary/aromatic N) is 2. The highest BCUT2D eigenvalue weighted by atomic mass is 32.1. The minimum Gasteiger partial charge on any atom is -0.337 e. The average Bonchev–Trinajstić information content (AvgIpc) is 3.24. The van der Waals surface area contributed by atoms with Gasteiger partial charge in [-0.15, -0.1) is 22.7 Å². The summed E-state index contributed by atoms with van der Waals surface area (Å²) in [6.07, 6.45) is 3.17. The number of aromatic nitrogens is 1. The van der Waals surface area contributed by atoms with Crippen molar-refractivity contribution in [3.63, 3.8) is 0 Å². The summed E-state index contributed by atoms with van der Waals surface area (Å²) < 4.78 is 1.24. The van der Waals surface area contributed by atoms with Gasteiger partial charge < -0.3 is 4.90 Å². The Balaban J connectivity index is 1.54. The number of hydrogen-bond acceptors (Lipinski definition) is 4. The van der Waals surface area contributed by atoms with Gasteiger partial charge in [-0.2, -0.15) is 0 Å². The van der Waals surface area contributed by atoms with E-state index in [2.05, 4.69) is 38.1 Å². The topological polar surface area (TPSA) is 33.2 Å². The van der Waals surface area contributed by atoms with Crippen molar-refractivity contribution in [1.29, 1.82) is 0 Å². The van der Waals surface area contributed by atoms with Crippen LogP contribution in [0.4, 0.5) is 0 Å². The molecule has 1 atom stereocenters. The Labute approximate surface area is 156 Å². The van der Waals surface area contributed by atoms with E-state index >= 15 is 0 Å². The lowest BCUT2D eigenvalue weighted by molar-refractivity contribution is 0.0712. The number of thiophene rings is 1. The Bertz CT molecular complexity index is 878. The number of benzene rings is 1. The standard InChI is InChI=1S/C20H22N2OS2/c1-3-16-13(2)11-18(24-16)20(23)22-10-6-7-14(12-22)19-21-15-8-4-5-9-17(15)25-19/h4-5,8-9,11,14H,3,6-7,10,12H2,1-2H3/t14-/m1/s1. The fourth-order valence-corrected chi connectivity index (χ4v) is 5.73. The average molecular weight is 371 g/mol. The predicted molar refractivity (Wildman–Crippen MR) is 106 cm³/mol. The lowest BCUT2D eigenvalue weighted by Gasteiger charge is -2.31. The molecule has 1 fully saturated rings. The second-order valence-electron chi connectivity index (χ2n) is 6.68. The molecule has 3 heterocycles. The molecule has 0 unspecified atom stereocenters. The van der Waals surface area contributed by atoms with Gasteiger partial charge in [0.1, 0.15) is 0 Å². The molecule has 4 rings (SSSR count). The van der Waals surface area contributed by atoms with E-state index in [0.717, 1.165) is 42.7 Å². The highest BCUT2D eigenvalue weighted by Gasteiger charge is 2.28. The molecule has 3 aromatic rings. The fourth-order valence-electron chi connectivity index (χ4n) is 3.56. The lowest BCUT2D eigenvalue weighted by Crippen LogP contribution is -2.38. The minimum atomic E-state index is 0.193. The number of rotatable bonds is 3. The maximum absolute atomic E-state index is 12.9. The first-order valence-electron chi connectivity index (χ1n) is 8.89. The molecule has 0 aliphatic carbocycles. The van der Waals surface area contributed by atoms with Gasteiger partial charge in [0, 0.05) is 23.9 Å². The number of piperidine rings is 1. The number of fused-ring (bicyclic) bond motifs is 1. The quantitative estimate of drug-likeness (QED) is 0.631. The van der Waals surface area contributed by atoms with Crippen molar-refractivity contribution in [3.8, 4) is 0 Å². The summed E-state index contributed by atoms with van der Waals surface area (Å²) in [4.78, 5) is 22.0. The van der Waals surface area contributed by atoms with Crippen molar-refractivity contribution < 1.29 is 4.79 Å². The maximum atomic E-state index is 12.9. The van der Waals surface area contributed by atoms with Crippen molar-refractivity contribution in [2.45, 2.75) is 39.0 Å². The van der Waals surface area contributed by atoms with Crippen molar-refractivity contribution in [2.24, 2.45) is 0 Å². The summed E-state index contributed by atoms with van der Waals surface area (Å²) >= 11 is 3.43. The third-order valence-electron chi connectivity index (χ3n) is 4.92. The fraction of sp³-hybridized carbons (Fsp3) is 0.400. The molecule has 0 spiro atoms. The van der Waals surface area contributed by atoms with E-state index in [9.17, 15) is 4.79 Å². The molecule has 130 valence electrons. The first-order chi connectivity index (χ1) is 12.2. The van der Waals surface area contributed by atoms with E-state index in [-0.39, 0.29) is 5.91 Å². The minimum absolute atomic E-state index is 0.193. The Morgan fingerprint density at radius 2 is 2.16 bits per heavy atom. The van der Waals surface area contributed by atoms with Gasteiger partial charge >= 0.3 is 0 Å². The van der Waals surface area contributed by atoms with Gasteiger partial charge in [0.15, 0.2) is 0 Å². The maximum Gasteiger partial charge on any atom is 0.263 e. The number of hydrogen-bond donors (Lipinski definition) is 0. The highest BCUT2D eigenvalue weighted by molar-refractivity contribution is 7.18. The molecule has 1 aliphatic heterocycles. The third-order valence-corrected chi connectivity index (χ3v) is 7.49. The molecule has 0 N–H and O–H groups in total. The van der Waals surface area contributed by atoms with Crippen LogP contribution in [0.1, 0.15) is 50.8 Å². The molecule has 2 aromatic heterocycles. The van der Waals surface area contributed by atoms with Gasteiger partial charge in [-0.3, -0.25) is 4.79 Å². The number of likely N-dealkylation sites (tertiary alicyclic amines) is 1. The third kappa shape index (κ3) is 3.23. The van der Waals surface area contributed by atoms with Gasteiger partial charge in [0.25, 0.3) is 5.91 Å². The summed E-state index contributed by atoms with van der Waals surface area (Å²) in [5, 5.41) is 1.18. The first-order valence-corrected chi connectivity index (χ1v) is 10.5. The van der Waals surface area contributed by atoms with Crippen LogP contribution in [0, 0.1) is 6.92 Å². The monoisotopic (exact) mass is 370 g/mol. The summed E-state index contributed by atoms with van der Waals surface area (Å²) in [5.74, 6) is 0.556. The molecular formula is C20H22N2OS2. The van der Waals surface area contributed by atoms with Crippen molar-refractivity contribution in [2.75, 3.05) is 13.1 Å². The second kappa shape index (κ2) is 6.89. The highest BCUT2D eigenvalue weighted by Crippen LogP contribution is 2.34. The molecule has 3 nitrogen and oxygen atoms in total. The van der Waals surface area contributed by atoms with Crippen LogP contribution in [0.15, 0.2) is 30.3 Å². The van der Waals surface area contributed by atoms with Crippen LogP contribution in [0.5, 0.6) is 0 Å². The van der Waals surface area contributed by atoms with Gasteiger partial charge in [-0.1, -0.05) is 19.1 Å². The summed E-state index contributed by atoms with van der Waals surface area (Å²) in [6, 6.07) is 10.4. The number of thiazole rings is 1. The zero-order valence-electron chi connectivity index (χ0n) is 14.6. The van der Waals surface area contributed by atoms with Gasteiger partial charge in [0.2, 0.25) is 0 Å². The van der Waals surface area contributed by atoms with E-state index in [4.69, 9.17) is 4.98 Å². The predicted octanol–water partition coefficient (Wildman–Crippen LogP) is 5.25. The second-order valence-corrected chi connectivity index (χ2v) is 8.88. The Hall–Kier alpha value is -1.72. The van der Waals surface area contributed by atoms with E-state index in [1.165, 1.54) is 20.1 Å². The van der Waals surface area contributed by atoms with E-state index in [1.807, 2.05) is 11.0 Å². The van der Waals surface area contributed by atoms with Gasteiger partial charge in [-0.25, -0.2) is 4.98 Å². The zero-order chi connectivity index (χ0) is 17.4. The summed E-state index contributed by atoms with van der Waals surface area (Å²) in [7, 11) is 0. The van der Waals surface area contributed by atoms with E-state index in [1.54, 1.807) is 22.7 Å². The van der Waals surface area contributed by atoms with Gasteiger partial charge in [-0.05, 0) is 49.9 Å². The van der Waals surface area contributed by atoms with Crippen LogP contribution in [0.25, 0.3) is 10.2 Å². The van der Waals surface area contributed by atoms with Crippen LogP contribution >= 0.6 is 22.7 Å². The van der Waals surface area contributed by atoms with Crippen LogP contribution < -0.4 is 0 Å². The van der Waals surface area contributed by atoms with Crippen LogP contribution in [0.3, 0.4) is 0 Å². The molecule has 5 heteroatoms. The Morgan fingerprint density at radius 3 is 2.92 bits per heavy atom. The summed E-state index contributed by atoms with van der Waals surface area (Å²) in [6.45, 7) is 5.90.